The molecule has 1 aromatic rings. The molecular formula is C18H23NO5. The van der Waals surface area contributed by atoms with Gasteiger partial charge < -0.3 is 19.5 Å². The molecule has 0 bridgehead atoms. The second-order valence-corrected chi connectivity index (χ2v) is 6.28. The van der Waals surface area contributed by atoms with Crippen LogP contribution < -0.4 is 0 Å². The van der Waals surface area contributed by atoms with Crippen LogP contribution in [0.2, 0.25) is 0 Å². The lowest BCUT2D eigenvalue weighted by molar-refractivity contribution is -0.152. The lowest BCUT2D eigenvalue weighted by atomic mass is 9.93. The quantitative estimate of drug-likeness (QED) is 0.886. The highest BCUT2D eigenvalue weighted by molar-refractivity contribution is 5.84. The minimum Gasteiger partial charge on any atom is -0.480 e. The van der Waals surface area contributed by atoms with Crippen LogP contribution in [0.3, 0.4) is 0 Å². The first kappa shape index (κ1) is 16.9. The van der Waals surface area contributed by atoms with Gasteiger partial charge in [0, 0.05) is 26.2 Å². The second kappa shape index (κ2) is 7.77. The van der Waals surface area contributed by atoms with Crippen molar-refractivity contribution in [3.8, 4) is 0 Å². The van der Waals surface area contributed by atoms with Gasteiger partial charge >= 0.3 is 5.97 Å². The van der Waals surface area contributed by atoms with Crippen molar-refractivity contribution in [2.24, 2.45) is 0 Å². The summed E-state index contributed by atoms with van der Waals surface area (Å²) in [6.45, 7) is 2.07. The molecule has 1 saturated heterocycles. The number of rotatable bonds is 5. The molecule has 2 aliphatic heterocycles. The van der Waals surface area contributed by atoms with E-state index in [-0.39, 0.29) is 18.4 Å². The molecule has 1 N–H and O–H groups in total. The Hall–Kier alpha value is -1.92. The number of hydrogen-bond acceptors (Lipinski definition) is 4. The third-order valence-corrected chi connectivity index (χ3v) is 4.69. The largest absolute Gasteiger partial charge is 0.480 e. The van der Waals surface area contributed by atoms with E-state index >= 15 is 0 Å². The first-order chi connectivity index (χ1) is 11.6. The van der Waals surface area contributed by atoms with Crippen LogP contribution >= 0.6 is 0 Å². The van der Waals surface area contributed by atoms with Gasteiger partial charge in [0.05, 0.1) is 19.1 Å². The highest BCUT2D eigenvalue weighted by atomic mass is 16.5. The zero-order valence-electron chi connectivity index (χ0n) is 13.6. The topological polar surface area (TPSA) is 76.1 Å². The van der Waals surface area contributed by atoms with Gasteiger partial charge in [0.2, 0.25) is 5.91 Å². The fourth-order valence-electron chi connectivity index (χ4n) is 3.30. The number of benzene rings is 1. The van der Waals surface area contributed by atoms with Crippen molar-refractivity contribution >= 4 is 11.9 Å². The van der Waals surface area contributed by atoms with E-state index in [1.54, 1.807) is 0 Å². The number of amides is 1. The minimum absolute atomic E-state index is 0.143. The standard InChI is InChI=1S/C18H23NO5/c20-17(7-10-24-15-5-8-23-9-6-15)19-12-14-4-2-1-3-13(14)11-16(19)18(21)22/h1-4,15-16H,5-12H2,(H,21,22). The molecule has 0 aliphatic carbocycles. The number of fused-ring (bicyclic) bond motifs is 1. The van der Waals surface area contributed by atoms with Gasteiger partial charge in [-0.05, 0) is 24.0 Å². The van der Waals surface area contributed by atoms with Gasteiger partial charge in [-0.3, -0.25) is 4.79 Å². The Kier molecular flexibility index (Phi) is 5.48. The minimum atomic E-state index is -0.955. The molecule has 0 saturated carbocycles. The lowest BCUT2D eigenvalue weighted by Crippen LogP contribution is -2.48. The predicted molar refractivity (Wildman–Crippen MR) is 86.5 cm³/mol. The Morgan fingerprint density at radius 2 is 1.92 bits per heavy atom. The summed E-state index contributed by atoms with van der Waals surface area (Å²) in [5.74, 6) is -1.12. The van der Waals surface area contributed by atoms with Crippen LogP contribution in [0, 0.1) is 0 Å². The molecular weight excluding hydrogens is 310 g/mol. The number of carbonyl (C=O) groups is 2. The maximum absolute atomic E-state index is 12.5. The Morgan fingerprint density at radius 1 is 1.21 bits per heavy atom. The van der Waals surface area contributed by atoms with Crippen molar-refractivity contribution in [3.05, 3.63) is 35.4 Å². The molecule has 2 aliphatic rings. The van der Waals surface area contributed by atoms with Crippen LogP contribution in [0.5, 0.6) is 0 Å². The number of aliphatic carboxylic acids is 1. The van der Waals surface area contributed by atoms with Crippen molar-refractivity contribution in [1.29, 1.82) is 0 Å². The average molecular weight is 333 g/mol. The molecule has 0 aromatic heterocycles. The zero-order valence-corrected chi connectivity index (χ0v) is 13.6. The zero-order chi connectivity index (χ0) is 16.9. The van der Waals surface area contributed by atoms with Crippen molar-refractivity contribution in [1.82, 2.24) is 4.90 Å². The number of nitrogens with zero attached hydrogens (tertiary/aromatic N) is 1. The molecule has 6 heteroatoms. The van der Waals surface area contributed by atoms with E-state index in [1.165, 1.54) is 4.90 Å². The van der Waals surface area contributed by atoms with Crippen molar-refractivity contribution in [2.75, 3.05) is 19.8 Å². The van der Waals surface area contributed by atoms with Crippen LogP contribution in [-0.4, -0.2) is 53.8 Å². The van der Waals surface area contributed by atoms with Crippen LogP contribution in [-0.2, 0) is 32.0 Å². The van der Waals surface area contributed by atoms with E-state index in [9.17, 15) is 14.7 Å². The SMILES string of the molecule is O=C(O)C1Cc2ccccc2CN1C(=O)CCOC1CCOCC1. The maximum Gasteiger partial charge on any atom is 0.326 e. The molecule has 0 radical (unpaired) electrons. The third-order valence-electron chi connectivity index (χ3n) is 4.69. The van der Waals surface area contributed by atoms with Crippen LogP contribution in [0.25, 0.3) is 0 Å². The first-order valence-corrected chi connectivity index (χ1v) is 8.43. The first-order valence-electron chi connectivity index (χ1n) is 8.43. The van der Waals surface area contributed by atoms with Crippen LogP contribution in [0.1, 0.15) is 30.4 Å². The van der Waals surface area contributed by atoms with Gasteiger partial charge in [0.1, 0.15) is 6.04 Å². The van der Waals surface area contributed by atoms with E-state index in [2.05, 4.69) is 0 Å². The number of carboxylic acids is 1. The van der Waals surface area contributed by atoms with Gasteiger partial charge in [-0.2, -0.15) is 0 Å². The van der Waals surface area contributed by atoms with Gasteiger partial charge in [-0.25, -0.2) is 4.79 Å². The monoisotopic (exact) mass is 333 g/mol. The van der Waals surface area contributed by atoms with E-state index < -0.39 is 12.0 Å². The summed E-state index contributed by atoms with van der Waals surface area (Å²) in [6.07, 6.45) is 2.41. The number of hydrogen-bond donors (Lipinski definition) is 1. The molecule has 130 valence electrons. The molecule has 1 unspecified atom stereocenters. The van der Waals surface area contributed by atoms with Gasteiger partial charge in [0.15, 0.2) is 0 Å². The van der Waals surface area contributed by atoms with Crippen molar-refractivity contribution in [3.63, 3.8) is 0 Å². The summed E-state index contributed by atoms with van der Waals surface area (Å²) in [6, 6.07) is 6.90. The molecule has 6 nitrogen and oxygen atoms in total. The summed E-state index contributed by atoms with van der Waals surface area (Å²) < 4.78 is 11.0. The van der Waals surface area contributed by atoms with E-state index in [0.717, 1.165) is 24.0 Å². The van der Waals surface area contributed by atoms with Gasteiger partial charge in [-0.1, -0.05) is 24.3 Å². The highest BCUT2D eigenvalue weighted by Gasteiger charge is 2.34. The van der Waals surface area contributed by atoms with E-state index in [4.69, 9.17) is 9.47 Å². The van der Waals surface area contributed by atoms with E-state index in [1.807, 2.05) is 24.3 Å². The predicted octanol–water partition coefficient (Wildman–Crippen LogP) is 1.61. The average Bonchev–Trinajstić information content (AvgIpc) is 2.61. The third kappa shape index (κ3) is 3.94. The summed E-state index contributed by atoms with van der Waals surface area (Å²) in [5, 5.41) is 9.47. The summed E-state index contributed by atoms with van der Waals surface area (Å²) in [4.78, 5) is 25.6. The molecule has 3 rings (SSSR count). The summed E-state index contributed by atoms with van der Waals surface area (Å²) >= 11 is 0. The lowest BCUT2D eigenvalue weighted by Gasteiger charge is -2.34. The molecule has 1 atom stereocenters. The summed E-state index contributed by atoms with van der Waals surface area (Å²) in [7, 11) is 0. The molecule has 2 heterocycles. The Labute approximate surface area is 141 Å². The fourth-order valence-corrected chi connectivity index (χ4v) is 3.30. The van der Waals surface area contributed by atoms with Crippen LogP contribution in [0.15, 0.2) is 24.3 Å². The molecule has 24 heavy (non-hydrogen) atoms. The molecule has 0 spiro atoms. The highest BCUT2D eigenvalue weighted by Crippen LogP contribution is 2.24. The van der Waals surface area contributed by atoms with E-state index in [0.29, 0.717) is 32.8 Å². The number of carbonyl (C=O) groups excluding carboxylic acids is 1. The molecule has 1 aromatic carbocycles. The summed E-state index contributed by atoms with van der Waals surface area (Å²) in [5.41, 5.74) is 2.03. The molecule has 1 amide bonds. The fraction of sp³-hybridized carbons (Fsp3) is 0.556. The normalized spacial score (nSPS) is 21.3. The van der Waals surface area contributed by atoms with Crippen molar-refractivity contribution in [2.45, 2.75) is 44.4 Å². The maximum atomic E-state index is 12.5. The van der Waals surface area contributed by atoms with Crippen LogP contribution in [0.4, 0.5) is 0 Å². The Morgan fingerprint density at radius 3 is 2.62 bits per heavy atom. The Bertz CT molecular complexity index is 597. The smallest absolute Gasteiger partial charge is 0.326 e. The van der Waals surface area contributed by atoms with Crippen molar-refractivity contribution < 1.29 is 24.2 Å². The number of carboxylic acid groups (broad SMARTS) is 1. The number of ether oxygens (including phenoxy) is 2. The van der Waals surface area contributed by atoms with Gasteiger partial charge in [-0.15, -0.1) is 0 Å². The van der Waals surface area contributed by atoms with Gasteiger partial charge in [0.25, 0.3) is 0 Å². The molecule has 1 fully saturated rings. The second-order valence-electron chi connectivity index (χ2n) is 6.28. The Balaban J connectivity index is 1.58.